The lowest BCUT2D eigenvalue weighted by Gasteiger charge is -2.47. The van der Waals surface area contributed by atoms with Gasteiger partial charge in [-0.15, -0.1) is 0 Å². The van der Waals surface area contributed by atoms with Crippen LogP contribution in [0.2, 0.25) is 0 Å². The number of nitrogens with zero attached hydrogens (tertiary/aromatic N) is 3. The van der Waals surface area contributed by atoms with Gasteiger partial charge in [0.05, 0.1) is 18.7 Å². The Morgan fingerprint density at radius 1 is 0.864 bits per heavy atom. The SMILES string of the molecule is CCCCC(=O)N(Cc1ccc(-c2cc(-c3ccccc3)ccc2C#N)cc1)C1(C(=O)OC)CCN(c2ccccc2)CC1. The zero-order valence-electron chi connectivity index (χ0n) is 25.5. The maximum Gasteiger partial charge on any atom is 0.331 e. The third-order valence-electron chi connectivity index (χ3n) is 8.69. The number of carbonyl (C=O) groups excluding carboxylic acids is 2. The van der Waals surface area contributed by atoms with Gasteiger partial charge in [-0.05, 0) is 65.8 Å². The van der Waals surface area contributed by atoms with Gasteiger partial charge in [0.1, 0.15) is 5.54 Å². The third kappa shape index (κ3) is 6.53. The van der Waals surface area contributed by atoms with Gasteiger partial charge in [0.25, 0.3) is 0 Å². The van der Waals surface area contributed by atoms with Crippen molar-refractivity contribution in [3.63, 3.8) is 0 Å². The summed E-state index contributed by atoms with van der Waals surface area (Å²) in [7, 11) is 1.41. The molecule has 0 bridgehead atoms. The molecule has 0 aliphatic carbocycles. The first-order valence-corrected chi connectivity index (χ1v) is 15.4. The van der Waals surface area contributed by atoms with Crippen LogP contribution in [0.5, 0.6) is 0 Å². The van der Waals surface area contributed by atoms with Gasteiger partial charge in [0, 0.05) is 37.3 Å². The highest BCUT2D eigenvalue weighted by Gasteiger charge is 2.49. The molecule has 1 saturated heterocycles. The Hall–Kier alpha value is -4.89. The number of piperidine rings is 1. The number of para-hydroxylation sites is 1. The van der Waals surface area contributed by atoms with Crippen molar-refractivity contribution in [2.75, 3.05) is 25.1 Å². The molecule has 224 valence electrons. The minimum absolute atomic E-state index is 0.0307. The van der Waals surface area contributed by atoms with E-state index in [0.29, 0.717) is 44.5 Å². The van der Waals surface area contributed by atoms with E-state index in [1.807, 2.05) is 72.8 Å². The number of rotatable bonds is 10. The van der Waals surface area contributed by atoms with E-state index in [1.165, 1.54) is 7.11 Å². The summed E-state index contributed by atoms with van der Waals surface area (Å²) in [5.74, 6) is -0.389. The number of nitriles is 1. The van der Waals surface area contributed by atoms with Crippen molar-refractivity contribution in [1.29, 1.82) is 5.26 Å². The van der Waals surface area contributed by atoms with Gasteiger partial charge in [0.15, 0.2) is 0 Å². The minimum atomic E-state index is -1.04. The summed E-state index contributed by atoms with van der Waals surface area (Å²) in [6.07, 6.45) is 3.01. The highest BCUT2D eigenvalue weighted by molar-refractivity contribution is 5.88. The quantitative estimate of drug-likeness (QED) is 0.179. The Morgan fingerprint density at radius 3 is 2.11 bits per heavy atom. The number of hydrogen-bond acceptors (Lipinski definition) is 5. The molecule has 4 aromatic carbocycles. The normalized spacial score (nSPS) is 14.0. The molecule has 0 saturated carbocycles. The van der Waals surface area contributed by atoms with Crippen molar-refractivity contribution in [2.45, 2.75) is 51.1 Å². The molecule has 0 radical (unpaired) electrons. The molecule has 0 atom stereocenters. The standard InChI is InChI=1S/C38H39N3O3/c1-3-4-15-36(42)41(38(37(43)44-2)22-24-40(25-23-38)34-13-9-6-10-14-34)28-29-16-18-31(19-17-29)35-26-32(20-21-33(35)27-39)30-11-7-5-8-12-30/h5-14,16-21,26H,3-4,15,22-25,28H2,1-2H3. The van der Waals surface area contributed by atoms with Gasteiger partial charge >= 0.3 is 5.97 Å². The second kappa shape index (κ2) is 14.1. The van der Waals surface area contributed by atoms with Crippen LogP contribution in [0.1, 0.15) is 50.2 Å². The van der Waals surface area contributed by atoms with Crippen molar-refractivity contribution in [3.8, 4) is 28.3 Å². The number of esters is 1. The lowest BCUT2D eigenvalue weighted by atomic mass is 9.84. The number of unbranched alkanes of at least 4 members (excludes halogenated alkanes) is 1. The molecule has 44 heavy (non-hydrogen) atoms. The fourth-order valence-corrected chi connectivity index (χ4v) is 6.15. The highest BCUT2D eigenvalue weighted by Crippen LogP contribution is 2.35. The molecule has 1 aliphatic rings. The van der Waals surface area contributed by atoms with E-state index in [2.05, 4.69) is 48.2 Å². The fourth-order valence-electron chi connectivity index (χ4n) is 6.15. The van der Waals surface area contributed by atoms with Crippen LogP contribution in [-0.2, 0) is 20.9 Å². The third-order valence-corrected chi connectivity index (χ3v) is 8.69. The number of hydrogen-bond donors (Lipinski definition) is 0. The fraction of sp³-hybridized carbons (Fsp3) is 0.289. The second-order valence-electron chi connectivity index (χ2n) is 11.4. The molecular formula is C38H39N3O3. The lowest BCUT2D eigenvalue weighted by molar-refractivity contribution is -0.165. The van der Waals surface area contributed by atoms with Gasteiger partial charge in [0.2, 0.25) is 5.91 Å². The van der Waals surface area contributed by atoms with E-state index in [-0.39, 0.29) is 11.9 Å². The van der Waals surface area contributed by atoms with Crippen LogP contribution in [-0.4, -0.2) is 42.5 Å². The molecule has 1 fully saturated rings. The number of methoxy groups -OCH3 is 1. The zero-order valence-corrected chi connectivity index (χ0v) is 25.5. The average Bonchev–Trinajstić information content (AvgIpc) is 3.10. The molecule has 6 heteroatoms. The van der Waals surface area contributed by atoms with E-state index < -0.39 is 5.54 Å². The molecule has 6 nitrogen and oxygen atoms in total. The summed E-state index contributed by atoms with van der Waals surface area (Å²) in [5, 5.41) is 9.84. The van der Waals surface area contributed by atoms with E-state index in [9.17, 15) is 14.9 Å². The van der Waals surface area contributed by atoms with Gasteiger partial charge in [-0.2, -0.15) is 5.26 Å². The van der Waals surface area contributed by atoms with Crippen molar-refractivity contribution >= 4 is 17.6 Å². The molecule has 0 unspecified atom stereocenters. The van der Waals surface area contributed by atoms with Crippen LogP contribution in [0, 0.1) is 11.3 Å². The molecule has 0 N–H and O–H groups in total. The molecular weight excluding hydrogens is 546 g/mol. The van der Waals surface area contributed by atoms with Crippen molar-refractivity contribution in [1.82, 2.24) is 4.90 Å². The summed E-state index contributed by atoms with van der Waals surface area (Å²) < 4.78 is 5.38. The molecule has 0 aromatic heterocycles. The molecule has 5 rings (SSSR count). The first-order chi connectivity index (χ1) is 21.5. The summed E-state index contributed by atoms with van der Waals surface area (Å²) in [6.45, 7) is 3.65. The van der Waals surface area contributed by atoms with Crippen LogP contribution >= 0.6 is 0 Å². The van der Waals surface area contributed by atoms with Crippen LogP contribution in [0.3, 0.4) is 0 Å². The summed E-state index contributed by atoms with van der Waals surface area (Å²) >= 11 is 0. The minimum Gasteiger partial charge on any atom is -0.467 e. The van der Waals surface area contributed by atoms with Gasteiger partial charge in [-0.25, -0.2) is 4.79 Å². The van der Waals surface area contributed by atoms with Gasteiger partial charge in [-0.1, -0.05) is 92.2 Å². The number of benzene rings is 4. The highest BCUT2D eigenvalue weighted by atomic mass is 16.5. The van der Waals surface area contributed by atoms with Gasteiger partial charge in [-0.3, -0.25) is 4.79 Å². The molecule has 1 heterocycles. The number of carbonyl (C=O) groups is 2. The summed E-state index contributed by atoms with van der Waals surface area (Å²) in [4.78, 5) is 31.4. The largest absolute Gasteiger partial charge is 0.467 e. The van der Waals surface area contributed by atoms with E-state index in [1.54, 1.807) is 4.90 Å². The monoisotopic (exact) mass is 585 g/mol. The van der Waals surface area contributed by atoms with Crippen LogP contribution in [0.4, 0.5) is 5.69 Å². The van der Waals surface area contributed by atoms with Crippen molar-refractivity contribution < 1.29 is 14.3 Å². The molecule has 0 spiro atoms. The predicted octanol–water partition coefficient (Wildman–Crippen LogP) is 7.62. The van der Waals surface area contributed by atoms with E-state index in [0.717, 1.165) is 46.3 Å². The summed E-state index contributed by atoms with van der Waals surface area (Å²) in [5.41, 5.74) is 5.50. The molecule has 1 aliphatic heterocycles. The Balaban J connectivity index is 1.44. The Morgan fingerprint density at radius 2 is 1.50 bits per heavy atom. The maximum absolute atomic E-state index is 13.8. The topological polar surface area (TPSA) is 73.6 Å². The first kappa shape index (κ1) is 30.6. The van der Waals surface area contributed by atoms with E-state index in [4.69, 9.17) is 4.74 Å². The van der Waals surface area contributed by atoms with Gasteiger partial charge < -0.3 is 14.5 Å². The van der Waals surface area contributed by atoms with Crippen LogP contribution < -0.4 is 4.90 Å². The Bertz CT molecular complexity index is 1600. The smallest absolute Gasteiger partial charge is 0.331 e. The average molecular weight is 586 g/mol. The summed E-state index contributed by atoms with van der Waals surface area (Å²) in [6, 6.07) is 36.5. The Kier molecular flexibility index (Phi) is 9.76. The van der Waals surface area contributed by atoms with Crippen LogP contribution in [0.15, 0.2) is 103 Å². The number of ether oxygens (including phenoxy) is 1. The number of amides is 1. The van der Waals surface area contributed by atoms with Crippen LogP contribution in [0.25, 0.3) is 22.3 Å². The second-order valence-corrected chi connectivity index (χ2v) is 11.4. The maximum atomic E-state index is 13.8. The molecule has 1 amide bonds. The van der Waals surface area contributed by atoms with E-state index >= 15 is 0 Å². The zero-order chi connectivity index (χ0) is 30.9. The van der Waals surface area contributed by atoms with Crippen molar-refractivity contribution in [2.24, 2.45) is 0 Å². The first-order valence-electron chi connectivity index (χ1n) is 15.4. The predicted molar refractivity (Wildman–Crippen MR) is 175 cm³/mol. The lowest BCUT2D eigenvalue weighted by Crippen LogP contribution is -2.62. The number of anilines is 1. The molecule has 4 aromatic rings. The Labute approximate surface area is 260 Å². The van der Waals surface area contributed by atoms with Crippen molar-refractivity contribution in [3.05, 3.63) is 114 Å².